The Morgan fingerprint density at radius 2 is 2.20 bits per heavy atom. The van der Waals surface area contributed by atoms with Crippen molar-refractivity contribution >= 4 is 27.3 Å². The number of aryl methyl sites for hydroxylation is 1. The molecule has 0 atom stereocenters. The monoisotopic (exact) mass is 319 g/mol. The molecule has 20 heavy (non-hydrogen) atoms. The van der Waals surface area contributed by atoms with Crippen molar-refractivity contribution in [1.29, 1.82) is 0 Å². The quantitative estimate of drug-likeness (QED) is 0.824. The van der Waals surface area contributed by atoms with Crippen molar-refractivity contribution in [2.45, 2.75) is 18.7 Å². The molecule has 1 saturated heterocycles. The largest absolute Gasteiger partial charge is 0.465 e. The van der Waals surface area contributed by atoms with Crippen molar-refractivity contribution in [2.24, 2.45) is 5.41 Å². The number of rotatable bonds is 5. The third kappa shape index (κ3) is 2.88. The number of thiophene rings is 1. The van der Waals surface area contributed by atoms with Gasteiger partial charge in [-0.2, -0.15) is 0 Å². The van der Waals surface area contributed by atoms with Crippen molar-refractivity contribution in [3.8, 4) is 0 Å². The van der Waals surface area contributed by atoms with Crippen LogP contribution in [-0.2, 0) is 19.5 Å². The minimum absolute atomic E-state index is 0.0122. The minimum atomic E-state index is -3.74. The first kappa shape index (κ1) is 15.4. The molecular weight excluding hydrogens is 302 g/mol. The highest BCUT2D eigenvalue weighted by Crippen LogP contribution is 2.29. The summed E-state index contributed by atoms with van der Waals surface area (Å²) in [6.45, 7) is 4.95. The number of methoxy groups -OCH3 is 1. The summed E-state index contributed by atoms with van der Waals surface area (Å²) < 4.78 is 37.0. The van der Waals surface area contributed by atoms with Gasteiger partial charge in [-0.05, 0) is 17.9 Å². The number of sulfonamides is 1. The van der Waals surface area contributed by atoms with E-state index in [1.165, 1.54) is 7.11 Å². The lowest BCUT2D eigenvalue weighted by molar-refractivity contribution is -0.0965. The zero-order valence-corrected chi connectivity index (χ0v) is 13.2. The Bertz CT molecular complexity index is 616. The maximum atomic E-state index is 12.4. The van der Waals surface area contributed by atoms with Gasteiger partial charge in [0.05, 0.1) is 20.3 Å². The van der Waals surface area contributed by atoms with Gasteiger partial charge in [-0.1, -0.05) is 6.92 Å². The Morgan fingerprint density at radius 1 is 1.55 bits per heavy atom. The summed E-state index contributed by atoms with van der Waals surface area (Å²) in [5.74, 6) is -0.637. The van der Waals surface area contributed by atoms with E-state index in [-0.39, 0.29) is 21.7 Å². The van der Waals surface area contributed by atoms with Crippen LogP contribution in [0, 0.1) is 12.3 Å². The van der Waals surface area contributed by atoms with Crippen LogP contribution in [0.4, 0.5) is 0 Å². The van der Waals surface area contributed by atoms with E-state index < -0.39 is 16.0 Å². The number of esters is 1. The first-order valence-corrected chi connectivity index (χ1v) is 8.39. The topological polar surface area (TPSA) is 81.7 Å². The number of nitrogens with one attached hydrogen (secondary N) is 1. The predicted octanol–water partition coefficient (Wildman–Crippen LogP) is 1.16. The maximum absolute atomic E-state index is 12.4. The van der Waals surface area contributed by atoms with Gasteiger partial charge >= 0.3 is 5.97 Å². The molecule has 0 amide bonds. The van der Waals surface area contributed by atoms with Crippen LogP contribution in [0.3, 0.4) is 0 Å². The van der Waals surface area contributed by atoms with E-state index in [0.29, 0.717) is 18.8 Å². The van der Waals surface area contributed by atoms with Crippen molar-refractivity contribution in [3.05, 3.63) is 15.8 Å². The molecule has 6 nitrogen and oxygen atoms in total. The zero-order chi connectivity index (χ0) is 15.0. The van der Waals surface area contributed by atoms with E-state index in [0.717, 1.165) is 11.3 Å². The van der Waals surface area contributed by atoms with E-state index in [2.05, 4.69) is 9.46 Å². The van der Waals surface area contributed by atoms with Gasteiger partial charge in [-0.3, -0.25) is 0 Å². The fraction of sp³-hybridized carbons (Fsp3) is 0.583. The lowest BCUT2D eigenvalue weighted by Crippen LogP contribution is -2.48. The third-order valence-corrected chi connectivity index (χ3v) is 5.94. The van der Waals surface area contributed by atoms with E-state index in [9.17, 15) is 13.2 Å². The average molecular weight is 319 g/mol. The third-order valence-electron chi connectivity index (χ3n) is 3.15. The van der Waals surface area contributed by atoms with Crippen LogP contribution in [0.1, 0.15) is 22.2 Å². The molecule has 0 radical (unpaired) electrons. The highest BCUT2D eigenvalue weighted by Gasteiger charge is 2.36. The number of hydrogen-bond donors (Lipinski definition) is 1. The molecule has 1 aliphatic rings. The molecule has 1 fully saturated rings. The summed E-state index contributed by atoms with van der Waals surface area (Å²) in [5.41, 5.74) is 0.362. The molecule has 0 unspecified atom stereocenters. The Labute approximate surface area is 122 Å². The summed E-state index contributed by atoms with van der Waals surface area (Å²) in [5, 5.41) is 1.63. The van der Waals surface area contributed by atoms with Crippen LogP contribution in [-0.4, -0.2) is 41.3 Å². The minimum Gasteiger partial charge on any atom is -0.465 e. The molecular formula is C12H17NO5S2. The fourth-order valence-electron chi connectivity index (χ4n) is 1.89. The Balaban J connectivity index is 2.25. The van der Waals surface area contributed by atoms with Gasteiger partial charge in [0.25, 0.3) is 0 Å². The van der Waals surface area contributed by atoms with Gasteiger partial charge in [0.2, 0.25) is 10.0 Å². The van der Waals surface area contributed by atoms with Gasteiger partial charge in [-0.25, -0.2) is 17.9 Å². The van der Waals surface area contributed by atoms with Crippen molar-refractivity contribution < 1.29 is 22.7 Å². The Morgan fingerprint density at radius 3 is 2.70 bits per heavy atom. The van der Waals surface area contributed by atoms with Crippen LogP contribution < -0.4 is 4.72 Å². The highest BCUT2D eigenvalue weighted by atomic mass is 32.2. The lowest BCUT2D eigenvalue weighted by Gasteiger charge is -2.37. The second kappa shape index (κ2) is 5.44. The van der Waals surface area contributed by atoms with E-state index in [4.69, 9.17) is 4.74 Å². The molecule has 0 bridgehead atoms. The number of hydrogen-bond acceptors (Lipinski definition) is 6. The second-order valence-corrected chi connectivity index (χ2v) is 7.78. The van der Waals surface area contributed by atoms with Gasteiger partial charge in [0, 0.05) is 12.0 Å². The summed E-state index contributed by atoms with van der Waals surface area (Å²) in [7, 11) is -2.51. The summed E-state index contributed by atoms with van der Waals surface area (Å²) in [4.78, 5) is 11.8. The first-order chi connectivity index (χ1) is 9.29. The molecule has 1 N–H and O–H groups in total. The predicted molar refractivity (Wildman–Crippen MR) is 74.5 cm³/mol. The average Bonchev–Trinajstić information content (AvgIpc) is 2.76. The van der Waals surface area contributed by atoms with Gasteiger partial charge in [0.1, 0.15) is 9.77 Å². The molecule has 0 spiro atoms. The number of ether oxygens (including phenoxy) is 2. The summed E-state index contributed by atoms with van der Waals surface area (Å²) >= 11 is 1.07. The molecule has 8 heteroatoms. The van der Waals surface area contributed by atoms with E-state index >= 15 is 0 Å². The van der Waals surface area contributed by atoms with Crippen LogP contribution >= 0.6 is 11.3 Å². The summed E-state index contributed by atoms with van der Waals surface area (Å²) in [6.07, 6.45) is 0. The standard InChI is InChI=1S/C12H17NO5S2/c1-8-4-19-9(11(14)17-3)10(8)20(15,16)13-5-12(2)6-18-7-12/h4,13H,5-7H2,1-3H3. The normalized spacial score (nSPS) is 17.6. The molecule has 0 aliphatic carbocycles. The number of carbonyl (C=O) groups excluding carboxylic acids is 1. The van der Waals surface area contributed by atoms with Crippen LogP contribution in [0.15, 0.2) is 10.3 Å². The zero-order valence-electron chi connectivity index (χ0n) is 11.6. The fourth-order valence-corrected chi connectivity index (χ4v) is 4.80. The van der Waals surface area contributed by atoms with Gasteiger partial charge in [0.15, 0.2) is 0 Å². The molecule has 1 aromatic heterocycles. The molecule has 0 aromatic carbocycles. The number of carbonyl (C=O) groups is 1. The highest BCUT2D eigenvalue weighted by molar-refractivity contribution is 7.89. The molecule has 1 aromatic rings. The second-order valence-electron chi connectivity index (χ2n) is 5.20. The van der Waals surface area contributed by atoms with Crippen LogP contribution in [0.5, 0.6) is 0 Å². The van der Waals surface area contributed by atoms with Gasteiger partial charge < -0.3 is 9.47 Å². The molecule has 1 aliphatic heterocycles. The molecule has 0 saturated carbocycles. The lowest BCUT2D eigenvalue weighted by atomic mass is 9.89. The maximum Gasteiger partial charge on any atom is 0.349 e. The van der Waals surface area contributed by atoms with Crippen molar-refractivity contribution in [3.63, 3.8) is 0 Å². The van der Waals surface area contributed by atoms with Crippen molar-refractivity contribution in [2.75, 3.05) is 26.9 Å². The Hall–Kier alpha value is -0.960. The van der Waals surface area contributed by atoms with E-state index in [1.807, 2.05) is 6.92 Å². The molecule has 112 valence electrons. The van der Waals surface area contributed by atoms with Crippen LogP contribution in [0.25, 0.3) is 0 Å². The first-order valence-electron chi connectivity index (χ1n) is 6.03. The van der Waals surface area contributed by atoms with Gasteiger partial charge in [-0.15, -0.1) is 11.3 Å². The molecule has 2 rings (SSSR count). The Kier molecular flexibility index (Phi) is 4.19. The van der Waals surface area contributed by atoms with E-state index in [1.54, 1.807) is 12.3 Å². The SMILES string of the molecule is COC(=O)c1scc(C)c1S(=O)(=O)NCC1(C)COC1. The summed E-state index contributed by atoms with van der Waals surface area (Å²) in [6, 6.07) is 0. The van der Waals surface area contributed by atoms with Crippen molar-refractivity contribution in [1.82, 2.24) is 4.72 Å². The molecule has 2 heterocycles. The van der Waals surface area contributed by atoms with Crippen LogP contribution in [0.2, 0.25) is 0 Å². The smallest absolute Gasteiger partial charge is 0.349 e.